The molecule has 1 saturated heterocycles. The van der Waals surface area contributed by atoms with Gasteiger partial charge in [0.25, 0.3) is 0 Å². The van der Waals surface area contributed by atoms with Crippen molar-refractivity contribution >= 4 is 16.9 Å². The van der Waals surface area contributed by atoms with E-state index < -0.39 is 0 Å². The van der Waals surface area contributed by atoms with Crippen LogP contribution in [0.3, 0.4) is 0 Å². The Labute approximate surface area is 198 Å². The van der Waals surface area contributed by atoms with Gasteiger partial charge >= 0.3 is 0 Å². The summed E-state index contributed by atoms with van der Waals surface area (Å²) in [6, 6.07) is 12.5. The third-order valence-corrected chi connectivity index (χ3v) is 6.03. The maximum absolute atomic E-state index is 5.59. The van der Waals surface area contributed by atoms with Gasteiger partial charge in [0.1, 0.15) is 5.52 Å². The first-order chi connectivity index (χ1) is 16.7. The Morgan fingerprint density at radius 2 is 1.91 bits per heavy atom. The first-order valence-corrected chi connectivity index (χ1v) is 11.5. The van der Waals surface area contributed by atoms with Gasteiger partial charge in [-0.15, -0.1) is 0 Å². The third-order valence-electron chi connectivity index (χ3n) is 6.03. The van der Waals surface area contributed by atoms with Crippen LogP contribution in [-0.4, -0.2) is 71.4 Å². The van der Waals surface area contributed by atoms with E-state index >= 15 is 0 Å². The summed E-state index contributed by atoms with van der Waals surface area (Å²) in [5, 5.41) is 4.96. The van der Waals surface area contributed by atoms with Crippen LogP contribution >= 0.6 is 0 Å². The van der Waals surface area contributed by atoms with Crippen LogP contribution < -0.4 is 4.90 Å². The number of pyridine rings is 1. The lowest BCUT2D eigenvalue weighted by Gasteiger charge is -2.29. The van der Waals surface area contributed by atoms with Crippen LogP contribution in [0.5, 0.6) is 0 Å². The zero-order chi connectivity index (χ0) is 23.5. The number of benzene rings is 1. The predicted octanol–water partition coefficient (Wildman–Crippen LogP) is 3.22. The maximum atomic E-state index is 5.59. The average molecular weight is 463 g/mol. The van der Waals surface area contributed by atoms with Crippen LogP contribution in [0.1, 0.15) is 11.3 Å². The number of nitrogens with zero attached hydrogens (tertiary/aromatic N) is 6. The Balaban J connectivity index is 1.66. The molecule has 0 amide bonds. The molecule has 1 aliphatic rings. The van der Waals surface area contributed by atoms with Crippen molar-refractivity contribution in [2.75, 3.05) is 52.0 Å². The van der Waals surface area contributed by atoms with Crippen molar-refractivity contribution in [1.29, 1.82) is 0 Å². The number of imidazole rings is 1. The summed E-state index contributed by atoms with van der Waals surface area (Å²) < 4.78 is 20.3. The van der Waals surface area contributed by atoms with Crippen LogP contribution in [-0.2, 0) is 27.4 Å². The SMILES string of the molecule is COCCn1cnc2c(N3CCOCC3)cc(-n3nc(-c4cccc(C)c4)cc3COC)nc21. The fourth-order valence-corrected chi connectivity index (χ4v) is 4.33. The zero-order valence-corrected chi connectivity index (χ0v) is 19.9. The number of rotatable bonds is 8. The number of ether oxygens (including phenoxy) is 3. The lowest BCUT2D eigenvalue weighted by atomic mass is 10.1. The van der Waals surface area contributed by atoms with Crippen molar-refractivity contribution in [2.45, 2.75) is 20.1 Å². The second kappa shape index (κ2) is 9.92. The van der Waals surface area contributed by atoms with Gasteiger partial charge in [0.15, 0.2) is 11.5 Å². The number of fused-ring (bicyclic) bond motifs is 1. The van der Waals surface area contributed by atoms with Crippen molar-refractivity contribution < 1.29 is 14.2 Å². The van der Waals surface area contributed by atoms with Crippen LogP contribution in [0, 0.1) is 6.92 Å². The minimum absolute atomic E-state index is 0.425. The summed E-state index contributed by atoms with van der Waals surface area (Å²) in [5.74, 6) is 0.735. The van der Waals surface area contributed by atoms with Crippen LogP contribution in [0.25, 0.3) is 28.2 Å². The molecule has 9 nitrogen and oxygen atoms in total. The Hall–Kier alpha value is -3.27. The van der Waals surface area contributed by atoms with E-state index in [0.717, 1.165) is 52.7 Å². The average Bonchev–Trinajstić information content (AvgIpc) is 3.47. The van der Waals surface area contributed by atoms with Crippen molar-refractivity contribution in [3.05, 3.63) is 54.0 Å². The molecule has 4 heterocycles. The molecule has 0 radical (unpaired) electrons. The molecule has 1 aliphatic heterocycles. The Morgan fingerprint density at radius 1 is 1.06 bits per heavy atom. The molecule has 5 rings (SSSR count). The highest BCUT2D eigenvalue weighted by atomic mass is 16.5. The first-order valence-electron chi connectivity index (χ1n) is 11.5. The lowest BCUT2D eigenvalue weighted by Crippen LogP contribution is -2.36. The van der Waals surface area contributed by atoms with Gasteiger partial charge in [-0.1, -0.05) is 23.8 Å². The molecule has 0 atom stereocenters. The number of aryl methyl sites for hydroxylation is 1. The molecule has 0 unspecified atom stereocenters. The second-order valence-electron chi connectivity index (χ2n) is 8.44. The molecule has 0 saturated carbocycles. The fourth-order valence-electron chi connectivity index (χ4n) is 4.33. The second-order valence-corrected chi connectivity index (χ2v) is 8.44. The number of morpholine rings is 1. The monoisotopic (exact) mass is 462 g/mol. The molecular weight excluding hydrogens is 432 g/mol. The van der Waals surface area contributed by atoms with E-state index in [-0.39, 0.29) is 0 Å². The Morgan fingerprint density at radius 3 is 2.68 bits per heavy atom. The summed E-state index contributed by atoms with van der Waals surface area (Å²) in [7, 11) is 3.39. The first kappa shape index (κ1) is 22.5. The molecule has 3 aromatic heterocycles. The molecule has 0 spiro atoms. The standard InChI is InChI=1S/C25H30N6O3/c1-18-5-4-6-19(13-18)21-14-20(16-33-3)31(28-21)23-15-22(29-8-11-34-12-9-29)24-25(27-23)30(17-26-24)7-10-32-2/h4-6,13-15,17H,7-12,16H2,1-3H3. The normalized spacial score (nSPS) is 14.3. The maximum Gasteiger partial charge on any atom is 0.164 e. The van der Waals surface area contributed by atoms with Crippen molar-refractivity contribution in [3.8, 4) is 17.1 Å². The molecule has 1 aromatic carbocycles. The van der Waals surface area contributed by atoms with Crippen LogP contribution in [0.2, 0.25) is 0 Å². The number of methoxy groups -OCH3 is 2. The molecular formula is C25H30N6O3. The molecule has 9 heteroatoms. The van der Waals surface area contributed by atoms with E-state index in [1.807, 2.05) is 15.6 Å². The minimum atomic E-state index is 0.425. The quantitative estimate of drug-likeness (QED) is 0.398. The van der Waals surface area contributed by atoms with E-state index in [4.69, 9.17) is 29.3 Å². The summed E-state index contributed by atoms with van der Waals surface area (Å²) in [4.78, 5) is 12.0. The highest BCUT2D eigenvalue weighted by molar-refractivity contribution is 5.87. The van der Waals surface area contributed by atoms with E-state index in [1.165, 1.54) is 5.56 Å². The molecule has 0 bridgehead atoms. The fraction of sp³-hybridized carbons (Fsp3) is 0.400. The summed E-state index contributed by atoms with van der Waals surface area (Å²) >= 11 is 0. The van der Waals surface area contributed by atoms with Crippen molar-refractivity contribution in [3.63, 3.8) is 0 Å². The summed E-state index contributed by atoms with van der Waals surface area (Å²) in [6.45, 7) is 6.76. The molecule has 0 N–H and O–H groups in total. The largest absolute Gasteiger partial charge is 0.383 e. The smallest absolute Gasteiger partial charge is 0.164 e. The number of hydrogen-bond donors (Lipinski definition) is 0. The van der Waals surface area contributed by atoms with Gasteiger partial charge in [-0.05, 0) is 19.1 Å². The highest BCUT2D eigenvalue weighted by Crippen LogP contribution is 2.30. The minimum Gasteiger partial charge on any atom is -0.383 e. The van der Waals surface area contributed by atoms with Gasteiger partial charge < -0.3 is 23.7 Å². The number of hydrogen-bond acceptors (Lipinski definition) is 7. The van der Waals surface area contributed by atoms with E-state index in [1.54, 1.807) is 14.2 Å². The van der Waals surface area contributed by atoms with Crippen LogP contribution in [0.4, 0.5) is 5.69 Å². The van der Waals surface area contributed by atoms with E-state index in [2.05, 4.69) is 48.2 Å². The zero-order valence-electron chi connectivity index (χ0n) is 19.9. The molecule has 4 aromatic rings. The summed E-state index contributed by atoms with van der Waals surface area (Å²) in [6.07, 6.45) is 1.84. The van der Waals surface area contributed by atoms with Gasteiger partial charge in [0.05, 0.1) is 49.8 Å². The predicted molar refractivity (Wildman–Crippen MR) is 130 cm³/mol. The van der Waals surface area contributed by atoms with Gasteiger partial charge in [-0.25, -0.2) is 14.6 Å². The van der Waals surface area contributed by atoms with Crippen LogP contribution in [0.15, 0.2) is 42.7 Å². The van der Waals surface area contributed by atoms with Gasteiger partial charge in [0, 0.05) is 45.5 Å². The number of aromatic nitrogens is 5. The van der Waals surface area contributed by atoms with E-state index in [9.17, 15) is 0 Å². The number of anilines is 1. The molecule has 34 heavy (non-hydrogen) atoms. The Bertz CT molecular complexity index is 1280. The van der Waals surface area contributed by atoms with Crippen molar-refractivity contribution in [2.24, 2.45) is 0 Å². The topological polar surface area (TPSA) is 79.5 Å². The summed E-state index contributed by atoms with van der Waals surface area (Å²) in [5.41, 5.74) is 6.80. The van der Waals surface area contributed by atoms with Gasteiger partial charge in [-0.3, -0.25) is 0 Å². The van der Waals surface area contributed by atoms with Crippen molar-refractivity contribution in [1.82, 2.24) is 24.3 Å². The highest BCUT2D eigenvalue weighted by Gasteiger charge is 2.21. The lowest BCUT2D eigenvalue weighted by molar-refractivity contribution is 0.123. The molecule has 178 valence electrons. The third kappa shape index (κ3) is 4.42. The van der Waals surface area contributed by atoms with Gasteiger partial charge in [-0.2, -0.15) is 5.10 Å². The van der Waals surface area contributed by atoms with Gasteiger partial charge in [0.2, 0.25) is 0 Å². The molecule has 1 fully saturated rings. The Kier molecular flexibility index (Phi) is 6.57. The van der Waals surface area contributed by atoms with E-state index in [0.29, 0.717) is 33.0 Å². The molecule has 0 aliphatic carbocycles.